The van der Waals surface area contributed by atoms with Crippen molar-refractivity contribution in [1.82, 2.24) is 0 Å². The Balaban J connectivity index is 1.44. The van der Waals surface area contributed by atoms with Gasteiger partial charge in [-0.05, 0) is 92.7 Å². The zero-order chi connectivity index (χ0) is 16.1. The molecule has 2 saturated carbocycles. The Morgan fingerprint density at radius 3 is 2.00 bits per heavy atom. The molecule has 23 heavy (non-hydrogen) atoms. The summed E-state index contributed by atoms with van der Waals surface area (Å²) >= 11 is 0. The van der Waals surface area contributed by atoms with E-state index < -0.39 is 0 Å². The van der Waals surface area contributed by atoms with Gasteiger partial charge < -0.3 is 0 Å². The van der Waals surface area contributed by atoms with E-state index in [1.54, 1.807) is 12.1 Å². The van der Waals surface area contributed by atoms with Gasteiger partial charge in [-0.3, -0.25) is 0 Å². The van der Waals surface area contributed by atoms with Crippen LogP contribution in [0.4, 0.5) is 4.39 Å². The fourth-order valence-corrected chi connectivity index (χ4v) is 4.96. The summed E-state index contributed by atoms with van der Waals surface area (Å²) in [6.07, 6.45) is 15.8. The Bertz CT molecular complexity index is 473. The van der Waals surface area contributed by atoms with E-state index in [9.17, 15) is 4.39 Å². The van der Waals surface area contributed by atoms with Gasteiger partial charge in [-0.2, -0.15) is 0 Å². The minimum atomic E-state index is -0.115. The largest absolute Gasteiger partial charge is 0.207 e. The van der Waals surface area contributed by atoms with Gasteiger partial charge in [0.15, 0.2) is 0 Å². The van der Waals surface area contributed by atoms with Crippen LogP contribution < -0.4 is 0 Å². The second-order valence-electron chi connectivity index (χ2n) is 7.81. The van der Waals surface area contributed by atoms with Crippen LogP contribution in [0.15, 0.2) is 36.9 Å². The molecule has 0 radical (unpaired) electrons. The molecular weight excluding hydrogens is 283 g/mol. The summed E-state index contributed by atoms with van der Waals surface area (Å²) < 4.78 is 13.1. The van der Waals surface area contributed by atoms with Crippen molar-refractivity contribution in [3.63, 3.8) is 0 Å². The number of hydrogen-bond donors (Lipinski definition) is 0. The molecule has 1 aromatic rings. The van der Waals surface area contributed by atoms with Gasteiger partial charge in [-0.15, -0.1) is 6.58 Å². The maximum atomic E-state index is 13.1. The van der Waals surface area contributed by atoms with Crippen LogP contribution >= 0.6 is 0 Å². The third-order valence-corrected chi connectivity index (χ3v) is 6.45. The van der Waals surface area contributed by atoms with Crippen molar-refractivity contribution in [1.29, 1.82) is 0 Å². The minimum Gasteiger partial charge on any atom is -0.207 e. The number of benzene rings is 1. The van der Waals surface area contributed by atoms with Crippen LogP contribution in [0.1, 0.15) is 75.7 Å². The number of halogens is 1. The fraction of sp³-hybridized carbons (Fsp3) is 0.636. The van der Waals surface area contributed by atoms with Crippen molar-refractivity contribution in [3.8, 4) is 0 Å². The molecule has 126 valence electrons. The molecule has 0 nitrogen and oxygen atoms in total. The lowest BCUT2D eigenvalue weighted by Gasteiger charge is -2.38. The highest BCUT2D eigenvalue weighted by molar-refractivity contribution is 5.20. The van der Waals surface area contributed by atoms with Crippen LogP contribution in [0.5, 0.6) is 0 Å². The van der Waals surface area contributed by atoms with E-state index in [-0.39, 0.29) is 5.82 Å². The standard InChI is InChI=1S/C22H31F/c1-2-3-4-17-5-7-18(8-6-17)19-9-11-20(12-10-19)21-13-15-22(23)16-14-21/h2,13-20H,1,3-12H2. The second kappa shape index (κ2) is 8.13. The van der Waals surface area contributed by atoms with Crippen molar-refractivity contribution in [2.24, 2.45) is 17.8 Å². The molecule has 0 atom stereocenters. The monoisotopic (exact) mass is 314 g/mol. The molecule has 3 rings (SSSR count). The van der Waals surface area contributed by atoms with E-state index in [4.69, 9.17) is 0 Å². The molecule has 2 aliphatic rings. The Labute approximate surface area is 141 Å². The van der Waals surface area contributed by atoms with E-state index in [0.717, 1.165) is 17.8 Å². The lowest BCUT2D eigenvalue weighted by molar-refractivity contribution is 0.157. The topological polar surface area (TPSA) is 0 Å². The smallest absolute Gasteiger partial charge is 0.123 e. The number of allylic oxidation sites excluding steroid dienone is 1. The van der Waals surface area contributed by atoms with Crippen LogP contribution in [-0.4, -0.2) is 0 Å². The lowest BCUT2D eigenvalue weighted by atomic mass is 9.68. The summed E-state index contributed by atoms with van der Waals surface area (Å²) in [4.78, 5) is 0. The van der Waals surface area contributed by atoms with Gasteiger partial charge in [-0.25, -0.2) is 4.39 Å². The van der Waals surface area contributed by atoms with Crippen molar-refractivity contribution >= 4 is 0 Å². The lowest BCUT2D eigenvalue weighted by Crippen LogP contribution is -2.25. The molecule has 1 aromatic carbocycles. The molecule has 2 aliphatic carbocycles. The van der Waals surface area contributed by atoms with E-state index in [0.29, 0.717) is 5.92 Å². The molecular formula is C22H31F. The summed E-state index contributed by atoms with van der Waals surface area (Å²) in [5, 5.41) is 0. The Hall–Kier alpha value is -1.11. The third-order valence-electron chi connectivity index (χ3n) is 6.45. The van der Waals surface area contributed by atoms with Crippen molar-refractivity contribution in [2.45, 2.75) is 70.1 Å². The maximum absolute atomic E-state index is 13.1. The highest BCUT2D eigenvalue weighted by Gasteiger charge is 2.31. The zero-order valence-corrected chi connectivity index (χ0v) is 14.4. The summed E-state index contributed by atoms with van der Waals surface area (Å²) in [6, 6.07) is 7.22. The quantitative estimate of drug-likeness (QED) is 0.520. The molecule has 0 heterocycles. The predicted molar refractivity (Wildman–Crippen MR) is 96.0 cm³/mol. The van der Waals surface area contributed by atoms with Crippen molar-refractivity contribution in [3.05, 3.63) is 48.3 Å². The summed E-state index contributed by atoms with van der Waals surface area (Å²) in [5.74, 6) is 3.43. The normalized spacial score (nSPS) is 31.7. The molecule has 0 spiro atoms. The van der Waals surface area contributed by atoms with Crippen LogP contribution in [0, 0.1) is 23.6 Å². The van der Waals surface area contributed by atoms with Crippen LogP contribution in [0.25, 0.3) is 0 Å². The summed E-state index contributed by atoms with van der Waals surface area (Å²) in [7, 11) is 0. The van der Waals surface area contributed by atoms with Gasteiger partial charge in [-0.1, -0.05) is 31.1 Å². The number of hydrogen-bond acceptors (Lipinski definition) is 0. The van der Waals surface area contributed by atoms with E-state index in [1.165, 1.54) is 69.8 Å². The predicted octanol–water partition coefficient (Wildman–Crippen LogP) is 6.87. The Kier molecular flexibility index (Phi) is 5.91. The summed E-state index contributed by atoms with van der Waals surface area (Å²) in [6.45, 7) is 3.85. The van der Waals surface area contributed by atoms with Gasteiger partial charge in [0.1, 0.15) is 5.82 Å². The van der Waals surface area contributed by atoms with Crippen LogP contribution in [0.2, 0.25) is 0 Å². The van der Waals surface area contributed by atoms with Gasteiger partial charge in [0.2, 0.25) is 0 Å². The van der Waals surface area contributed by atoms with Gasteiger partial charge in [0.25, 0.3) is 0 Å². The maximum Gasteiger partial charge on any atom is 0.123 e. The average molecular weight is 314 g/mol. The Morgan fingerprint density at radius 1 is 0.870 bits per heavy atom. The molecule has 0 N–H and O–H groups in total. The van der Waals surface area contributed by atoms with Crippen molar-refractivity contribution < 1.29 is 4.39 Å². The first kappa shape index (κ1) is 16.7. The SMILES string of the molecule is C=CCCC1CCC(C2CCC(c3ccc(F)cc3)CC2)CC1. The molecule has 0 aromatic heterocycles. The van der Waals surface area contributed by atoms with Gasteiger partial charge >= 0.3 is 0 Å². The van der Waals surface area contributed by atoms with Gasteiger partial charge in [0.05, 0.1) is 0 Å². The summed E-state index contributed by atoms with van der Waals surface area (Å²) in [5.41, 5.74) is 1.35. The second-order valence-corrected chi connectivity index (χ2v) is 7.81. The fourth-order valence-electron chi connectivity index (χ4n) is 4.96. The first-order valence-corrected chi connectivity index (χ1v) is 9.62. The van der Waals surface area contributed by atoms with Crippen LogP contribution in [-0.2, 0) is 0 Å². The third kappa shape index (κ3) is 4.46. The van der Waals surface area contributed by atoms with E-state index >= 15 is 0 Å². The molecule has 1 heteroatoms. The first-order valence-electron chi connectivity index (χ1n) is 9.62. The van der Waals surface area contributed by atoms with Gasteiger partial charge in [0, 0.05) is 0 Å². The molecule has 0 bridgehead atoms. The van der Waals surface area contributed by atoms with Crippen LogP contribution in [0.3, 0.4) is 0 Å². The molecule has 0 unspecified atom stereocenters. The molecule has 0 saturated heterocycles. The molecule has 0 amide bonds. The molecule has 0 aliphatic heterocycles. The molecule has 2 fully saturated rings. The average Bonchev–Trinajstić information content (AvgIpc) is 2.61. The highest BCUT2D eigenvalue weighted by Crippen LogP contribution is 2.44. The zero-order valence-electron chi connectivity index (χ0n) is 14.4. The Morgan fingerprint density at radius 2 is 1.43 bits per heavy atom. The van der Waals surface area contributed by atoms with E-state index in [2.05, 4.69) is 12.7 Å². The first-order chi connectivity index (χ1) is 11.3. The highest BCUT2D eigenvalue weighted by atomic mass is 19.1. The van der Waals surface area contributed by atoms with Crippen molar-refractivity contribution in [2.75, 3.05) is 0 Å². The minimum absolute atomic E-state index is 0.115. The van der Waals surface area contributed by atoms with E-state index in [1.807, 2.05) is 12.1 Å². The number of rotatable bonds is 5.